The SMILES string of the molecule is CCC(C)C(NC(=O)c1ccc(Cl)cc1)C(=O)N(C)Cc1cnn(C)c1. The molecule has 0 bridgehead atoms. The third-order valence-corrected chi connectivity index (χ3v) is 4.68. The summed E-state index contributed by atoms with van der Waals surface area (Å²) >= 11 is 5.87. The van der Waals surface area contributed by atoms with Crippen molar-refractivity contribution in [1.29, 1.82) is 0 Å². The number of rotatable bonds is 7. The molecular weight excluding hydrogens is 352 g/mol. The van der Waals surface area contributed by atoms with Gasteiger partial charge in [-0.3, -0.25) is 14.3 Å². The molecule has 0 radical (unpaired) electrons. The molecule has 0 fully saturated rings. The summed E-state index contributed by atoms with van der Waals surface area (Å²) in [4.78, 5) is 27.1. The van der Waals surface area contributed by atoms with Crippen LogP contribution in [-0.2, 0) is 18.4 Å². The van der Waals surface area contributed by atoms with Gasteiger partial charge in [0.05, 0.1) is 6.20 Å². The Bertz CT molecular complexity index is 757. The van der Waals surface area contributed by atoms with Crippen molar-refractivity contribution < 1.29 is 9.59 Å². The summed E-state index contributed by atoms with van der Waals surface area (Å²) in [6, 6.07) is 6.02. The minimum absolute atomic E-state index is 0.00935. The number of nitrogens with zero attached hydrogens (tertiary/aromatic N) is 3. The first-order chi connectivity index (χ1) is 12.3. The van der Waals surface area contributed by atoms with E-state index in [0.29, 0.717) is 17.1 Å². The maximum Gasteiger partial charge on any atom is 0.251 e. The smallest absolute Gasteiger partial charge is 0.251 e. The highest BCUT2D eigenvalue weighted by atomic mass is 35.5. The summed E-state index contributed by atoms with van der Waals surface area (Å²) in [5, 5.41) is 7.56. The standard InChI is InChI=1S/C19H25ClN4O2/c1-5-13(2)17(22-18(25)15-6-8-16(20)9-7-15)19(26)23(3)11-14-10-21-24(4)12-14/h6-10,12-13,17H,5,11H2,1-4H3,(H,22,25). The Labute approximate surface area is 159 Å². The lowest BCUT2D eigenvalue weighted by Crippen LogP contribution is -2.50. The molecule has 0 saturated carbocycles. The number of aromatic nitrogens is 2. The fourth-order valence-electron chi connectivity index (χ4n) is 2.65. The average molecular weight is 377 g/mol. The van der Waals surface area contributed by atoms with E-state index in [9.17, 15) is 9.59 Å². The van der Waals surface area contributed by atoms with Gasteiger partial charge in [0.2, 0.25) is 5.91 Å². The molecule has 0 aliphatic carbocycles. The third-order valence-electron chi connectivity index (χ3n) is 4.43. The molecule has 1 N–H and O–H groups in total. The Morgan fingerprint density at radius 1 is 1.31 bits per heavy atom. The van der Waals surface area contributed by atoms with E-state index in [2.05, 4.69) is 10.4 Å². The third kappa shape index (κ3) is 5.08. The fourth-order valence-corrected chi connectivity index (χ4v) is 2.78. The molecule has 1 heterocycles. The topological polar surface area (TPSA) is 67.2 Å². The highest BCUT2D eigenvalue weighted by Gasteiger charge is 2.29. The van der Waals surface area contributed by atoms with Gasteiger partial charge in [0.15, 0.2) is 0 Å². The van der Waals surface area contributed by atoms with Crippen LogP contribution in [0.25, 0.3) is 0 Å². The predicted molar refractivity (Wildman–Crippen MR) is 102 cm³/mol. The zero-order valence-electron chi connectivity index (χ0n) is 15.6. The lowest BCUT2D eigenvalue weighted by molar-refractivity contribution is -0.133. The second-order valence-electron chi connectivity index (χ2n) is 6.56. The number of benzene rings is 1. The number of nitrogens with one attached hydrogen (secondary N) is 1. The van der Waals surface area contributed by atoms with Crippen LogP contribution in [0.3, 0.4) is 0 Å². The number of carbonyl (C=O) groups is 2. The Kier molecular flexibility index (Phi) is 6.80. The molecule has 0 saturated heterocycles. The van der Waals surface area contributed by atoms with E-state index in [0.717, 1.165) is 12.0 Å². The molecule has 2 unspecified atom stereocenters. The van der Waals surface area contributed by atoms with Crippen LogP contribution < -0.4 is 5.32 Å². The number of carbonyl (C=O) groups excluding carboxylic acids is 2. The zero-order chi connectivity index (χ0) is 19.3. The molecule has 1 aromatic carbocycles. The van der Waals surface area contributed by atoms with Crippen LogP contribution in [0.2, 0.25) is 5.02 Å². The number of hydrogen-bond acceptors (Lipinski definition) is 3. The van der Waals surface area contributed by atoms with Crippen molar-refractivity contribution in [2.24, 2.45) is 13.0 Å². The number of amides is 2. The minimum Gasteiger partial charge on any atom is -0.340 e. The van der Waals surface area contributed by atoms with Crippen LogP contribution in [0.1, 0.15) is 36.2 Å². The Morgan fingerprint density at radius 2 is 1.96 bits per heavy atom. The van der Waals surface area contributed by atoms with Gasteiger partial charge in [0.1, 0.15) is 6.04 Å². The highest BCUT2D eigenvalue weighted by molar-refractivity contribution is 6.30. The second kappa shape index (κ2) is 8.85. The summed E-state index contributed by atoms with van der Waals surface area (Å²) in [5.74, 6) is -0.393. The van der Waals surface area contributed by atoms with Crippen LogP contribution in [-0.4, -0.2) is 39.6 Å². The van der Waals surface area contributed by atoms with E-state index in [4.69, 9.17) is 11.6 Å². The number of hydrogen-bond donors (Lipinski definition) is 1. The summed E-state index contributed by atoms with van der Waals surface area (Å²) < 4.78 is 1.70. The quantitative estimate of drug-likeness (QED) is 0.807. The molecule has 0 aliphatic rings. The van der Waals surface area contributed by atoms with Crippen molar-refractivity contribution in [3.8, 4) is 0 Å². The first kappa shape index (κ1) is 20.0. The monoisotopic (exact) mass is 376 g/mol. The molecule has 26 heavy (non-hydrogen) atoms. The van der Waals surface area contributed by atoms with E-state index in [1.54, 1.807) is 47.1 Å². The Balaban J connectivity index is 2.11. The second-order valence-corrected chi connectivity index (χ2v) is 7.00. The molecule has 0 aliphatic heterocycles. The van der Waals surface area contributed by atoms with Crippen LogP contribution in [0.4, 0.5) is 0 Å². The summed E-state index contributed by atoms with van der Waals surface area (Å²) in [7, 11) is 3.57. The molecule has 0 spiro atoms. The van der Waals surface area contributed by atoms with Crippen LogP contribution >= 0.6 is 11.6 Å². The van der Waals surface area contributed by atoms with Gasteiger partial charge in [0.25, 0.3) is 5.91 Å². The van der Waals surface area contributed by atoms with Crippen molar-refractivity contribution in [3.05, 3.63) is 52.8 Å². The van der Waals surface area contributed by atoms with E-state index in [1.807, 2.05) is 27.1 Å². The summed E-state index contributed by atoms with van der Waals surface area (Å²) in [5.41, 5.74) is 1.42. The van der Waals surface area contributed by atoms with Crippen molar-refractivity contribution in [2.75, 3.05) is 7.05 Å². The molecule has 7 heteroatoms. The lowest BCUT2D eigenvalue weighted by atomic mass is 9.97. The molecule has 1 aromatic heterocycles. The van der Waals surface area contributed by atoms with Crippen molar-refractivity contribution in [3.63, 3.8) is 0 Å². The van der Waals surface area contributed by atoms with Gasteiger partial charge in [0, 0.05) is 43.0 Å². The van der Waals surface area contributed by atoms with Gasteiger partial charge in [-0.25, -0.2) is 0 Å². The number of halogens is 1. The van der Waals surface area contributed by atoms with E-state index >= 15 is 0 Å². The highest BCUT2D eigenvalue weighted by Crippen LogP contribution is 2.14. The molecule has 2 rings (SSSR count). The first-order valence-corrected chi connectivity index (χ1v) is 8.98. The Hall–Kier alpha value is -2.34. The molecule has 140 valence electrons. The van der Waals surface area contributed by atoms with Crippen molar-refractivity contribution in [1.82, 2.24) is 20.0 Å². The van der Waals surface area contributed by atoms with Crippen LogP contribution in [0.5, 0.6) is 0 Å². The first-order valence-electron chi connectivity index (χ1n) is 8.60. The molecular formula is C19H25ClN4O2. The zero-order valence-corrected chi connectivity index (χ0v) is 16.3. The number of aryl methyl sites for hydroxylation is 1. The van der Waals surface area contributed by atoms with Gasteiger partial charge in [-0.15, -0.1) is 0 Å². The number of likely N-dealkylation sites (N-methyl/N-ethyl adjacent to an activating group) is 1. The van der Waals surface area contributed by atoms with Gasteiger partial charge >= 0.3 is 0 Å². The predicted octanol–water partition coefficient (Wildman–Crippen LogP) is 2.88. The molecule has 6 nitrogen and oxygen atoms in total. The summed E-state index contributed by atoms with van der Waals surface area (Å²) in [6.45, 7) is 4.40. The Morgan fingerprint density at radius 3 is 2.50 bits per heavy atom. The maximum absolute atomic E-state index is 12.9. The van der Waals surface area contributed by atoms with E-state index in [1.165, 1.54) is 0 Å². The normalized spacial score (nSPS) is 13.1. The molecule has 2 aromatic rings. The minimum atomic E-state index is -0.593. The van der Waals surface area contributed by atoms with Gasteiger partial charge < -0.3 is 10.2 Å². The van der Waals surface area contributed by atoms with E-state index in [-0.39, 0.29) is 17.7 Å². The molecule has 2 amide bonds. The van der Waals surface area contributed by atoms with Crippen LogP contribution in [0, 0.1) is 5.92 Å². The van der Waals surface area contributed by atoms with Crippen LogP contribution in [0.15, 0.2) is 36.7 Å². The van der Waals surface area contributed by atoms with Crippen molar-refractivity contribution >= 4 is 23.4 Å². The molecule has 2 atom stereocenters. The maximum atomic E-state index is 12.9. The van der Waals surface area contributed by atoms with Gasteiger partial charge in [-0.1, -0.05) is 31.9 Å². The fraction of sp³-hybridized carbons (Fsp3) is 0.421. The van der Waals surface area contributed by atoms with Gasteiger partial charge in [-0.05, 0) is 30.2 Å². The summed E-state index contributed by atoms with van der Waals surface area (Å²) in [6.07, 6.45) is 4.38. The van der Waals surface area contributed by atoms with Crippen molar-refractivity contribution in [2.45, 2.75) is 32.9 Å². The van der Waals surface area contributed by atoms with E-state index < -0.39 is 6.04 Å². The lowest BCUT2D eigenvalue weighted by Gasteiger charge is -2.28. The van der Waals surface area contributed by atoms with Gasteiger partial charge in [-0.2, -0.15) is 5.10 Å². The average Bonchev–Trinajstić information content (AvgIpc) is 3.03. The largest absolute Gasteiger partial charge is 0.340 e.